The van der Waals surface area contributed by atoms with Crippen LogP contribution in [0.15, 0.2) is 27.4 Å². The molecule has 0 fully saturated rings. The summed E-state index contributed by atoms with van der Waals surface area (Å²) in [6.07, 6.45) is -5.21. The van der Waals surface area contributed by atoms with Gasteiger partial charge in [-0.25, -0.2) is 4.79 Å². The van der Waals surface area contributed by atoms with Crippen molar-refractivity contribution in [2.45, 2.75) is 6.18 Å². The number of alkyl halides is 3. The highest BCUT2D eigenvalue weighted by atomic mass is 19.4. The number of ether oxygens (including phenoxy) is 1. The fourth-order valence-corrected chi connectivity index (χ4v) is 1.71. The van der Waals surface area contributed by atoms with Crippen molar-refractivity contribution in [1.29, 1.82) is 0 Å². The van der Waals surface area contributed by atoms with Gasteiger partial charge in [0.15, 0.2) is 0 Å². The molecule has 0 saturated heterocycles. The molecule has 0 aliphatic heterocycles. The Labute approximate surface area is 109 Å². The van der Waals surface area contributed by atoms with E-state index in [0.29, 0.717) is 0 Å². The second kappa shape index (κ2) is 4.55. The molecular formula is C12H7F3O5. The lowest BCUT2D eigenvalue weighted by molar-refractivity contribution is -0.0887. The van der Waals surface area contributed by atoms with E-state index in [1.807, 2.05) is 0 Å². The second-order valence-electron chi connectivity index (χ2n) is 3.81. The van der Waals surface area contributed by atoms with E-state index in [4.69, 9.17) is 4.74 Å². The number of benzene rings is 1. The molecule has 0 bridgehead atoms. The number of fused-ring (bicyclic) bond motifs is 1. The van der Waals surface area contributed by atoms with Crippen molar-refractivity contribution in [3.05, 3.63) is 34.2 Å². The maximum Gasteiger partial charge on any atom is 0.455 e. The molecule has 1 aromatic carbocycles. The maximum absolute atomic E-state index is 12.5. The number of methoxy groups -OCH3 is 1. The van der Waals surface area contributed by atoms with Gasteiger partial charge in [0.2, 0.25) is 0 Å². The largest absolute Gasteiger partial charge is 0.497 e. The first-order valence-corrected chi connectivity index (χ1v) is 5.21. The monoisotopic (exact) mass is 288 g/mol. The van der Waals surface area contributed by atoms with Crippen LogP contribution in [-0.2, 0) is 0 Å². The van der Waals surface area contributed by atoms with Crippen LogP contribution >= 0.6 is 0 Å². The lowest BCUT2D eigenvalue weighted by Crippen LogP contribution is -2.24. The standard InChI is InChI=1S/C12H7F3O5/c1-19-5-2-3-6-7(4-5)8(9(16)12(13,14)15)11(18)20-10(6)17/h2-4,18H,1H3. The Morgan fingerprint density at radius 1 is 1.30 bits per heavy atom. The average molecular weight is 288 g/mol. The normalized spacial score (nSPS) is 11.6. The summed E-state index contributed by atoms with van der Waals surface area (Å²) >= 11 is 0. The van der Waals surface area contributed by atoms with Gasteiger partial charge in [-0.05, 0) is 18.2 Å². The van der Waals surface area contributed by atoms with Crippen LogP contribution in [0.3, 0.4) is 0 Å². The summed E-state index contributed by atoms with van der Waals surface area (Å²) in [7, 11) is 1.26. The molecule has 106 valence electrons. The van der Waals surface area contributed by atoms with Gasteiger partial charge in [-0.1, -0.05) is 0 Å². The number of halogens is 3. The highest BCUT2D eigenvalue weighted by Gasteiger charge is 2.42. The SMILES string of the molecule is COc1ccc2c(=O)oc(O)c(C(=O)C(F)(F)F)c2c1. The van der Waals surface area contributed by atoms with Crippen LogP contribution in [0.2, 0.25) is 0 Å². The Morgan fingerprint density at radius 2 is 1.95 bits per heavy atom. The van der Waals surface area contributed by atoms with E-state index >= 15 is 0 Å². The number of hydrogen-bond acceptors (Lipinski definition) is 5. The maximum atomic E-state index is 12.5. The third-order valence-electron chi connectivity index (χ3n) is 2.60. The molecular weight excluding hydrogens is 281 g/mol. The van der Waals surface area contributed by atoms with Crippen LogP contribution in [0.4, 0.5) is 13.2 Å². The molecule has 0 unspecified atom stereocenters. The minimum Gasteiger partial charge on any atom is -0.497 e. The Bertz CT molecular complexity index is 745. The quantitative estimate of drug-likeness (QED) is 0.858. The van der Waals surface area contributed by atoms with Crippen LogP contribution in [0.1, 0.15) is 10.4 Å². The van der Waals surface area contributed by atoms with E-state index in [-0.39, 0.29) is 16.5 Å². The van der Waals surface area contributed by atoms with E-state index < -0.39 is 29.1 Å². The van der Waals surface area contributed by atoms with Gasteiger partial charge in [-0.2, -0.15) is 13.2 Å². The third kappa shape index (κ3) is 2.20. The zero-order valence-electron chi connectivity index (χ0n) is 9.95. The van der Waals surface area contributed by atoms with Crippen LogP contribution in [0.5, 0.6) is 11.7 Å². The van der Waals surface area contributed by atoms with Crippen LogP contribution < -0.4 is 10.4 Å². The van der Waals surface area contributed by atoms with Crippen molar-refractivity contribution in [2.75, 3.05) is 7.11 Å². The number of Topliss-reactive ketones (excluding diaryl/α,β-unsaturated/α-hetero) is 1. The lowest BCUT2D eigenvalue weighted by Gasteiger charge is -2.09. The van der Waals surface area contributed by atoms with Crippen molar-refractivity contribution in [1.82, 2.24) is 0 Å². The zero-order valence-corrected chi connectivity index (χ0v) is 9.95. The van der Waals surface area contributed by atoms with Crippen molar-refractivity contribution < 1.29 is 32.2 Å². The minimum absolute atomic E-state index is 0.124. The van der Waals surface area contributed by atoms with E-state index in [9.17, 15) is 27.9 Å². The molecule has 1 heterocycles. The van der Waals surface area contributed by atoms with Gasteiger partial charge < -0.3 is 14.3 Å². The summed E-state index contributed by atoms with van der Waals surface area (Å²) in [4.78, 5) is 22.8. The second-order valence-corrected chi connectivity index (χ2v) is 3.81. The Balaban J connectivity index is 2.88. The number of carbonyl (C=O) groups is 1. The van der Waals surface area contributed by atoms with E-state index in [0.717, 1.165) is 12.1 Å². The Kier molecular flexibility index (Phi) is 3.16. The first kappa shape index (κ1) is 13.9. The molecule has 0 spiro atoms. The molecule has 1 aromatic heterocycles. The fourth-order valence-electron chi connectivity index (χ4n) is 1.71. The Morgan fingerprint density at radius 3 is 2.50 bits per heavy atom. The molecule has 0 aliphatic carbocycles. The van der Waals surface area contributed by atoms with Crippen molar-refractivity contribution in [3.63, 3.8) is 0 Å². The highest BCUT2D eigenvalue weighted by molar-refractivity contribution is 6.12. The van der Waals surface area contributed by atoms with Gasteiger partial charge >= 0.3 is 11.8 Å². The van der Waals surface area contributed by atoms with Gasteiger partial charge in [0.25, 0.3) is 11.7 Å². The fraction of sp³-hybridized carbons (Fsp3) is 0.167. The van der Waals surface area contributed by atoms with Crippen molar-refractivity contribution in [2.24, 2.45) is 0 Å². The average Bonchev–Trinajstić information content (AvgIpc) is 2.36. The first-order chi connectivity index (χ1) is 9.25. The molecule has 0 radical (unpaired) electrons. The van der Waals surface area contributed by atoms with Gasteiger partial charge in [-0.15, -0.1) is 0 Å². The number of hydrogen-bond donors (Lipinski definition) is 1. The molecule has 0 amide bonds. The summed E-state index contributed by atoms with van der Waals surface area (Å²) in [6.45, 7) is 0. The number of aromatic hydroxyl groups is 1. The molecule has 2 aromatic rings. The first-order valence-electron chi connectivity index (χ1n) is 5.21. The summed E-state index contributed by atoms with van der Waals surface area (Å²) in [5.74, 6) is -3.56. The van der Waals surface area contributed by atoms with Crippen molar-refractivity contribution in [3.8, 4) is 11.7 Å². The molecule has 5 nitrogen and oxygen atoms in total. The molecule has 8 heteroatoms. The van der Waals surface area contributed by atoms with Crippen LogP contribution in [0, 0.1) is 0 Å². The number of ketones is 1. The summed E-state index contributed by atoms with van der Waals surface area (Å²) in [6, 6.07) is 3.51. The van der Waals surface area contributed by atoms with Crippen LogP contribution in [0.25, 0.3) is 10.8 Å². The topological polar surface area (TPSA) is 76.7 Å². The molecule has 2 rings (SSSR count). The number of rotatable bonds is 2. The van der Waals surface area contributed by atoms with Crippen molar-refractivity contribution >= 4 is 16.6 Å². The summed E-state index contributed by atoms with van der Waals surface area (Å²) < 4.78 is 46.6. The molecule has 0 atom stereocenters. The predicted octanol–water partition coefficient (Wildman–Crippen LogP) is 2.25. The van der Waals surface area contributed by atoms with Gasteiger partial charge in [0.05, 0.1) is 12.5 Å². The molecule has 1 N–H and O–H groups in total. The zero-order chi connectivity index (χ0) is 15.1. The summed E-state index contributed by atoms with van der Waals surface area (Å²) in [5.41, 5.74) is -2.18. The third-order valence-corrected chi connectivity index (χ3v) is 2.60. The van der Waals surface area contributed by atoms with Gasteiger partial charge in [-0.3, -0.25) is 4.79 Å². The van der Waals surface area contributed by atoms with E-state index in [1.54, 1.807) is 0 Å². The summed E-state index contributed by atoms with van der Waals surface area (Å²) in [5, 5.41) is 8.70. The highest BCUT2D eigenvalue weighted by Crippen LogP contribution is 2.32. The Hall–Kier alpha value is -2.51. The minimum atomic E-state index is -5.21. The van der Waals surface area contributed by atoms with E-state index in [1.165, 1.54) is 13.2 Å². The van der Waals surface area contributed by atoms with E-state index in [2.05, 4.69) is 4.42 Å². The van der Waals surface area contributed by atoms with Crippen LogP contribution in [-0.4, -0.2) is 24.2 Å². The molecule has 0 saturated carbocycles. The van der Waals surface area contributed by atoms with Gasteiger partial charge in [0.1, 0.15) is 11.3 Å². The predicted molar refractivity (Wildman–Crippen MR) is 61.1 cm³/mol. The lowest BCUT2D eigenvalue weighted by atomic mass is 10.0. The van der Waals surface area contributed by atoms with Gasteiger partial charge in [0, 0.05) is 5.39 Å². The smallest absolute Gasteiger partial charge is 0.455 e. The number of carbonyl (C=O) groups excluding carboxylic acids is 1. The molecule has 20 heavy (non-hydrogen) atoms. The molecule has 0 aliphatic rings.